The highest BCUT2D eigenvalue weighted by Gasteiger charge is 2.16. The molecule has 28 heavy (non-hydrogen) atoms. The van der Waals surface area contributed by atoms with Crippen LogP contribution in [0.25, 0.3) is 11.0 Å². The van der Waals surface area contributed by atoms with Gasteiger partial charge in [0.1, 0.15) is 6.54 Å². The average Bonchev–Trinajstić information content (AvgIpc) is 2.86. The van der Waals surface area contributed by atoms with Crippen LogP contribution < -0.4 is 20.5 Å². The third-order valence-electron chi connectivity index (χ3n) is 4.71. The largest absolute Gasteiger partial charge is 0.490 e. The first-order chi connectivity index (χ1) is 13.7. The summed E-state index contributed by atoms with van der Waals surface area (Å²) in [7, 11) is 0. The number of nitrogens with zero attached hydrogens (tertiary/aromatic N) is 2. The zero-order chi connectivity index (χ0) is 19.5. The Kier molecular flexibility index (Phi) is 5.06. The fourth-order valence-electron chi connectivity index (χ4n) is 3.45. The van der Waals surface area contributed by atoms with E-state index in [1.807, 2.05) is 31.2 Å². The van der Waals surface area contributed by atoms with Gasteiger partial charge in [0.2, 0.25) is 5.91 Å². The lowest BCUT2D eigenvalue weighted by Crippen LogP contribution is -2.29. The van der Waals surface area contributed by atoms with E-state index >= 15 is 0 Å². The number of para-hydroxylation sites is 2. The number of ether oxygens (including phenoxy) is 2. The van der Waals surface area contributed by atoms with Gasteiger partial charge in [-0.1, -0.05) is 19.1 Å². The quantitative estimate of drug-likeness (QED) is 0.737. The second-order valence-electron chi connectivity index (χ2n) is 6.77. The first-order valence-corrected chi connectivity index (χ1v) is 9.55. The number of carbonyl (C=O) groups excluding carboxylic acids is 1. The molecule has 0 atom stereocenters. The summed E-state index contributed by atoms with van der Waals surface area (Å²) in [5.41, 5.74) is 2.05. The van der Waals surface area contributed by atoms with Crippen LogP contribution >= 0.6 is 0 Å². The molecule has 1 amide bonds. The lowest BCUT2D eigenvalue weighted by Gasteiger charge is -2.10. The number of aromatic nitrogens is 2. The summed E-state index contributed by atoms with van der Waals surface area (Å²) >= 11 is 0. The van der Waals surface area contributed by atoms with Gasteiger partial charge in [0.25, 0.3) is 0 Å². The Hall–Kier alpha value is -3.22. The molecular formula is C21H23N3O4. The Balaban J connectivity index is 1.57. The molecular weight excluding hydrogens is 358 g/mol. The van der Waals surface area contributed by atoms with Gasteiger partial charge in [0, 0.05) is 24.7 Å². The molecule has 7 heteroatoms. The summed E-state index contributed by atoms with van der Waals surface area (Å²) in [5, 5.41) is 2.85. The molecule has 0 spiro atoms. The van der Waals surface area contributed by atoms with Crippen LogP contribution in [0.4, 0.5) is 5.69 Å². The minimum Gasteiger partial charge on any atom is -0.490 e. The van der Waals surface area contributed by atoms with Gasteiger partial charge in [-0.2, -0.15) is 0 Å². The lowest BCUT2D eigenvalue weighted by molar-refractivity contribution is -0.116. The van der Waals surface area contributed by atoms with Gasteiger partial charge < -0.3 is 14.8 Å². The Morgan fingerprint density at radius 1 is 1.04 bits per heavy atom. The van der Waals surface area contributed by atoms with Crippen molar-refractivity contribution in [3.05, 3.63) is 52.9 Å². The minimum atomic E-state index is -0.268. The van der Waals surface area contributed by atoms with E-state index in [4.69, 9.17) is 9.47 Å². The maximum atomic E-state index is 12.8. The van der Waals surface area contributed by atoms with Gasteiger partial charge in [-0.15, -0.1) is 0 Å². The number of aryl methyl sites for hydroxylation is 1. The molecule has 0 unspecified atom stereocenters. The van der Waals surface area contributed by atoms with Gasteiger partial charge in [0.05, 0.1) is 24.2 Å². The zero-order valence-electron chi connectivity index (χ0n) is 15.8. The topological polar surface area (TPSA) is 74.5 Å². The standard InChI is InChI=1S/C21H23N3O4/c1-2-10-23-16-6-3-4-7-17(16)24(21(23)26)14-20(25)22-15-8-9-18-19(13-15)28-12-5-11-27-18/h3-4,6-9,13H,2,5,10-12,14H2,1H3,(H,22,25). The Morgan fingerprint density at radius 2 is 1.75 bits per heavy atom. The van der Waals surface area contributed by atoms with Gasteiger partial charge in [-0.25, -0.2) is 4.79 Å². The van der Waals surface area contributed by atoms with Crippen molar-refractivity contribution in [1.82, 2.24) is 9.13 Å². The van der Waals surface area contributed by atoms with Crippen LogP contribution in [0, 0.1) is 0 Å². The van der Waals surface area contributed by atoms with E-state index in [-0.39, 0.29) is 18.1 Å². The van der Waals surface area contributed by atoms with Crippen molar-refractivity contribution < 1.29 is 14.3 Å². The maximum absolute atomic E-state index is 12.8. The predicted octanol–water partition coefficient (Wildman–Crippen LogP) is 3.01. The summed E-state index contributed by atoms with van der Waals surface area (Å²) in [4.78, 5) is 25.4. The first kappa shape index (κ1) is 18.2. The van der Waals surface area contributed by atoms with E-state index in [0.29, 0.717) is 36.9 Å². The molecule has 7 nitrogen and oxygen atoms in total. The molecule has 4 rings (SSSR count). The second kappa shape index (κ2) is 7.80. The van der Waals surface area contributed by atoms with E-state index in [0.717, 1.165) is 23.9 Å². The molecule has 0 fully saturated rings. The van der Waals surface area contributed by atoms with E-state index < -0.39 is 0 Å². The highest BCUT2D eigenvalue weighted by atomic mass is 16.5. The van der Waals surface area contributed by atoms with E-state index in [1.165, 1.54) is 4.57 Å². The summed E-state index contributed by atoms with van der Waals surface area (Å²) in [6.07, 6.45) is 1.67. The van der Waals surface area contributed by atoms with Crippen molar-refractivity contribution >= 4 is 22.6 Å². The van der Waals surface area contributed by atoms with Crippen LogP contribution in [0.1, 0.15) is 19.8 Å². The summed E-state index contributed by atoms with van der Waals surface area (Å²) in [5.74, 6) is 1.03. The van der Waals surface area contributed by atoms with E-state index in [9.17, 15) is 9.59 Å². The highest BCUT2D eigenvalue weighted by molar-refractivity contribution is 5.92. The average molecular weight is 381 g/mol. The minimum absolute atomic E-state index is 0.0511. The van der Waals surface area contributed by atoms with Crippen molar-refractivity contribution in [1.29, 1.82) is 0 Å². The number of imidazole rings is 1. The van der Waals surface area contributed by atoms with Gasteiger partial charge in [0.15, 0.2) is 11.5 Å². The molecule has 1 aromatic heterocycles. The van der Waals surface area contributed by atoms with Gasteiger partial charge >= 0.3 is 5.69 Å². The smallest absolute Gasteiger partial charge is 0.329 e. The number of fused-ring (bicyclic) bond motifs is 2. The van der Waals surface area contributed by atoms with E-state index in [1.54, 1.807) is 22.8 Å². The summed E-state index contributed by atoms with van der Waals surface area (Å²) in [6.45, 7) is 3.79. The van der Waals surface area contributed by atoms with Crippen molar-refractivity contribution in [3.63, 3.8) is 0 Å². The van der Waals surface area contributed by atoms with Crippen molar-refractivity contribution in [2.24, 2.45) is 0 Å². The van der Waals surface area contributed by atoms with Crippen LogP contribution in [0.2, 0.25) is 0 Å². The maximum Gasteiger partial charge on any atom is 0.329 e. The van der Waals surface area contributed by atoms with Gasteiger partial charge in [-0.05, 0) is 30.7 Å². The number of nitrogens with one attached hydrogen (secondary N) is 1. The Morgan fingerprint density at radius 3 is 2.50 bits per heavy atom. The number of hydrogen-bond donors (Lipinski definition) is 1. The van der Waals surface area contributed by atoms with Crippen molar-refractivity contribution in [3.8, 4) is 11.5 Å². The zero-order valence-corrected chi connectivity index (χ0v) is 15.8. The number of hydrogen-bond acceptors (Lipinski definition) is 4. The SMILES string of the molecule is CCCn1c(=O)n(CC(=O)Nc2ccc3c(c2)OCCCO3)c2ccccc21. The molecule has 1 aliphatic heterocycles. The van der Waals surface area contributed by atoms with Crippen LogP contribution in [-0.4, -0.2) is 28.3 Å². The Labute approximate surface area is 162 Å². The first-order valence-electron chi connectivity index (χ1n) is 9.55. The highest BCUT2D eigenvalue weighted by Crippen LogP contribution is 2.32. The Bertz CT molecular complexity index is 1070. The molecule has 0 saturated heterocycles. The van der Waals surface area contributed by atoms with Crippen LogP contribution in [-0.2, 0) is 17.9 Å². The predicted molar refractivity (Wildman–Crippen MR) is 107 cm³/mol. The number of carbonyl (C=O) groups is 1. The molecule has 3 aromatic rings. The van der Waals surface area contributed by atoms with E-state index in [2.05, 4.69) is 5.32 Å². The van der Waals surface area contributed by atoms with Crippen LogP contribution in [0.5, 0.6) is 11.5 Å². The number of anilines is 1. The summed E-state index contributed by atoms with van der Waals surface area (Å²) in [6, 6.07) is 12.9. The number of amides is 1. The van der Waals surface area contributed by atoms with Crippen LogP contribution in [0.3, 0.4) is 0 Å². The summed E-state index contributed by atoms with van der Waals surface area (Å²) < 4.78 is 14.5. The molecule has 2 aromatic carbocycles. The normalized spacial score (nSPS) is 13.3. The van der Waals surface area contributed by atoms with Gasteiger partial charge in [-0.3, -0.25) is 13.9 Å². The fourth-order valence-corrected chi connectivity index (χ4v) is 3.45. The third-order valence-corrected chi connectivity index (χ3v) is 4.71. The lowest BCUT2D eigenvalue weighted by atomic mass is 10.2. The second-order valence-corrected chi connectivity index (χ2v) is 6.77. The van der Waals surface area contributed by atoms with Crippen molar-refractivity contribution in [2.45, 2.75) is 32.9 Å². The molecule has 146 valence electrons. The van der Waals surface area contributed by atoms with Crippen LogP contribution in [0.15, 0.2) is 47.3 Å². The molecule has 0 saturated carbocycles. The molecule has 0 aliphatic carbocycles. The fraction of sp³-hybridized carbons (Fsp3) is 0.333. The number of rotatable bonds is 5. The molecule has 0 radical (unpaired) electrons. The molecule has 0 bridgehead atoms. The molecule has 1 aliphatic rings. The monoisotopic (exact) mass is 381 g/mol. The number of benzene rings is 2. The van der Waals surface area contributed by atoms with Crippen molar-refractivity contribution in [2.75, 3.05) is 18.5 Å². The molecule has 1 N–H and O–H groups in total. The molecule has 2 heterocycles. The third kappa shape index (κ3) is 3.47.